The van der Waals surface area contributed by atoms with Crippen molar-refractivity contribution < 1.29 is 14.3 Å². The van der Waals surface area contributed by atoms with E-state index >= 15 is 0 Å². The molecule has 0 saturated heterocycles. The molecule has 2 rings (SSSR count). The van der Waals surface area contributed by atoms with Crippen molar-refractivity contribution in [3.05, 3.63) is 51.7 Å². The third-order valence-corrected chi connectivity index (χ3v) is 3.57. The number of carbonyl (C=O) groups is 1. The van der Waals surface area contributed by atoms with Gasteiger partial charge in [-0.15, -0.1) is 0 Å². The number of allylic oxidation sites excluding steroid dienone is 1. The molecule has 0 aliphatic carbocycles. The van der Waals surface area contributed by atoms with Crippen LogP contribution in [0.4, 0.5) is 0 Å². The Balaban J connectivity index is 2.41. The maximum absolute atomic E-state index is 12.2. The first-order valence-electron chi connectivity index (χ1n) is 6.10. The second kappa shape index (κ2) is 6.73. The molecule has 106 valence electrons. The van der Waals surface area contributed by atoms with E-state index in [1.807, 2.05) is 6.07 Å². The highest BCUT2D eigenvalue weighted by molar-refractivity contribution is 7.08. The lowest BCUT2D eigenvalue weighted by molar-refractivity contribution is 0.104. The summed E-state index contributed by atoms with van der Waals surface area (Å²) in [6, 6.07) is 8.84. The van der Waals surface area contributed by atoms with Crippen LogP contribution in [-0.2, 0) is 0 Å². The van der Waals surface area contributed by atoms with E-state index in [1.54, 1.807) is 42.1 Å². The Kier molecular flexibility index (Phi) is 4.75. The molecule has 0 N–H and O–H groups in total. The SMILES string of the molecule is COc1ccc(/C=C(\C#N)C(=O)c2ccsc2)c(OC)c1. The number of rotatable bonds is 5. The summed E-state index contributed by atoms with van der Waals surface area (Å²) >= 11 is 1.42. The third-order valence-electron chi connectivity index (χ3n) is 2.89. The number of Topliss-reactive ketones (excluding diaryl/α,β-unsaturated/α-hetero) is 1. The van der Waals surface area contributed by atoms with Gasteiger partial charge >= 0.3 is 0 Å². The molecule has 1 aromatic carbocycles. The first-order chi connectivity index (χ1) is 10.2. The van der Waals surface area contributed by atoms with E-state index < -0.39 is 0 Å². The normalized spacial score (nSPS) is 10.8. The van der Waals surface area contributed by atoms with Gasteiger partial charge in [-0.25, -0.2) is 0 Å². The van der Waals surface area contributed by atoms with Gasteiger partial charge in [-0.2, -0.15) is 16.6 Å². The molecule has 0 bridgehead atoms. The maximum atomic E-state index is 12.2. The summed E-state index contributed by atoms with van der Waals surface area (Å²) in [7, 11) is 3.09. The number of thiophene rings is 1. The van der Waals surface area contributed by atoms with Gasteiger partial charge in [-0.1, -0.05) is 0 Å². The van der Waals surface area contributed by atoms with Crippen molar-refractivity contribution in [2.24, 2.45) is 0 Å². The van der Waals surface area contributed by atoms with Crippen molar-refractivity contribution in [3.63, 3.8) is 0 Å². The van der Waals surface area contributed by atoms with Gasteiger partial charge in [-0.05, 0) is 29.7 Å². The van der Waals surface area contributed by atoms with Gasteiger partial charge in [0.25, 0.3) is 0 Å². The minimum absolute atomic E-state index is 0.0665. The number of methoxy groups -OCH3 is 2. The molecule has 0 aliphatic heterocycles. The monoisotopic (exact) mass is 299 g/mol. The van der Waals surface area contributed by atoms with Crippen LogP contribution in [0.25, 0.3) is 6.08 Å². The average Bonchev–Trinajstić information content (AvgIpc) is 3.06. The number of ketones is 1. The number of hydrogen-bond acceptors (Lipinski definition) is 5. The average molecular weight is 299 g/mol. The summed E-state index contributed by atoms with van der Waals surface area (Å²) in [5.74, 6) is 0.892. The van der Waals surface area contributed by atoms with E-state index in [4.69, 9.17) is 9.47 Å². The second-order valence-electron chi connectivity index (χ2n) is 4.12. The molecule has 0 spiro atoms. The summed E-state index contributed by atoms with van der Waals surface area (Å²) in [4.78, 5) is 12.2. The van der Waals surface area contributed by atoms with Crippen molar-refractivity contribution in [2.75, 3.05) is 14.2 Å². The number of carbonyl (C=O) groups excluding carboxylic acids is 1. The molecular formula is C16H13NO3S. The summed E-state index contributed by atoms with van der Waals surface area (Å²) in [6.45, 7) is 0. The van der Waals surface area contributed by atoms with E-state index in [-0.39, 0.29) is 11.4 Å². The van der Waals surface area contributed by atoms with Gasteiger partial charge in [-0.3, -0.25) is 4.79 Å². The minimum atomic E-state index is -0.295. The summed E-state index contributed by atoms with van der Waals surface area (Å²) < 4.78 is 10.4. The zero-order valence-electron chi connectivity index (χ0n) is 11.6. The molecule has 1 aromatic heterocycles. The zero-order chi connectivity index (χ0) is 15.2. The Morgan fingerprint density at radius 1 is 1.29 bits per heavy atom. The Morgan fingerprint density at radius 2 is 2.10 bits per heavy atom. The van der Waals surface area contributed by atoms with Crippen LogP contribution in [0.2, 0.25) is 0 Å². The van der Waals surface area contributed by atoms with E-state index in [2.05, 4.69) is 0 Å². The number of benzene rings is 1. The predicted octanol–water partition coefficient (Wildman–Crippen LogP) is 3.56. The molecule has 21 heavy (non-hydrogen) atoms. The number of ether oxygens (including phenoxy) is 2. The first-order valence-corrected chi connectivity index (χ1v) is 7.04. The summed E-state index contributed by atoms with van der Waals surface area (Å²) in [6.07, 6.45) is 1.53. The molecule has 4 nitrogen and oxygen atoms in total. The highest BCUT2D eigenvalue weighted by Gasteiger charge is 2.13. The van der Waals surface area contributed by atoms with Crippen LogP contribution >= 0.6 is 11.3 Å². The van der Waals surface area contributed by atoms with Crippen LogP contribution in [0, 0.1) is 11.3 Å². The van der Waals surface area contributed by atoms with Gasteiger partial charge in [0, 0.05) is 22.6 Å². The van der Waals surface area contributed by atoms with Crippen LogP contribution in [0.1, 0.15) is 15.9 Å². The number of hydrogen-bond donors (Lipinski definition) is 0. The van der Waals surface area contributed by atoms with E-state index in [9.17, 15) is 10.1 Å². The van der Waals surface area contributed by atoms with Gasteiger partial charge in [0.15, 0.2) is 0 Å². The van der Waals surface area contributed by atoms with Gasteiger partial charge in [0.2, 0.25) is 5.78 Å². The fourth-order valence-electron chi connectivity index (χ4n) is 1.79. The lowest BCUT2D eigenvalue weighted by atomic mass is 10.0. The Hall–Kier alpha value is -2.58. The van der Waals surface area contributed by atoms with Crippen molar-refractivity contribution in [2.45, 2.75) is 0 Å². The van der Waals surface area contributed by atoms with E-state index in [0.29, 0.717) is 22.6 Å². The van der Waals surface area contributed by atoms with E-state index in [1.165, 1.54) is 24.5 Å². The molecule has 1 heterocycles. The molecule has 0 aliphatic rings. The minimum Gasteiger partial charge on any atom is -0.497 e. The van der Waals surface area contributed by atoms with Crippen LogP contribution in [0.15, 0.2) is 40.6 Å². The van der Waals surface area contributed by atoms with E-state index in [0.717, 1.165) is 0 Å². The van der Waals surface area contributed by atoms with Gasteiger partial charge in [0.05, 0.1) is 14.2 Å². The van der Waals surface area contributed by atoms with Crippen LogP contribution < -0.4 is 9.47 Å². The lowest BCUT2D eigenvalue weighted by Gasteiger charge is -2.07. The molecule has 5 heteroatoms. The molecule has 0 amide bonds. The van der Waals surface area contributed by atoms with Crippen molar-refractivity contribution >= 4 is 23.2 Å². The molecule has 2 aromatic rings. The molecule has 0 fully saturated rings. The highest BCUT2D eigenvalue weighted by Crippen LogP contribution is 2.27. The highest BCUT2D eigenvalue weighted by atomic mass is 32.1. The molecule has 0 saturated carbocycles. The quantitative estimate of drug-likeness (QED) is 0.481. The Labute approximate surface area is 126 Å². The Bertz CT molecular complexity index is 712. The third kappa shape index (κ3) is 3.30. The van der Waals surface area contributed by atoms with Gasteiger partial charge in [0.1, 0.15) is 23.1 Å². The van der Waals surface area contributed by atoms with Gasteiger partial charge < -0.3 is 9.47 Å². The zero-order valence-corrected chi connectivity index (χ0v) is 12.4. The fourth-order valence-corrected chi connectivity index (χ4v) is 2.43. The Morgan fingerprint density at radius 3 is 2.67 bits per heavy atom. The largest absolute Gasteiger partial charge is 0.497 e. The van der Waals surface area contributed by atoms with Crippen LogP contribution in [0.5, 0.6) is 11.5 Å². The maximum Gasteiger partial charge on any atom is 0.204 e. The topological polar surface area (TPSA) is 59.3 Å². The van der Waals surface area contributed by atoms with Crippen LogP contribution in [-0.4, -0.2) is 20.0 Å². The molecule has 0 atom stereocenters. The summed E-state index contributed by atoms with van der Waals surface area (Å²) in [5.41, 5.74) is 1.23. The molecule has 0 unspecified atom stereocenters. The van der Waals surface area contributed by atoms with Crippen LogP contribution in [0.3, 0.4) is 0 Å². The summed E-state index contributed by atoms with van der Waals surface area (Å²) in [5, 5.41) is 12.7. The smallest absolute Gasteiger partial charge is 0.204 e. The predicted molar refractivity (Wildman–Crippen MR) is 81.8 cm³/mol. The second-order valence-corrected chi connectivity index (χ2v) is 4.90. The molecular weight excluding hydrogens is 286 g/mol. The lowest BCUT2D eigenvalue weighted by Crippen LogP contribution is -2.00. The van der Waals surface area contributed by atoms with Crippen molar-refractivity contribution in [3.8, 4) is 17.6 Å². The first kappa shape index (κ1) is 14.8. The molecule has 0 radical (unpaired) electrons. The number of nitriles is 1. The fraction of sp³-hybridized carbons (Fsp3) is 0.125. The number of nitrogens with zero attached hydrogens (tertiary/aromatic N) is 1. The van der Waals surface area contributed by atoms with Crippen molar-refractivity contribution in [1.82, 2.24) is 0 Å². The van der Waals surface area contributed by atoms with Crippen molar-refractivity contribution in [1.29, 1.82) is 5.26 Å². The standard InChI is InChI=1S/C16H13NO3S/c1-19-14-4-3-11(15(8-14)20-2)7-13(9-17)16(18)12-5-6-21-10-12/h3-8,10H,1-2H3/b13-7+.